The van der Waals surface area contributed by atoms with E-state index in [-0.39, 0.29) is 17.9 Å². The highest BCUT2D eigenvalue weighted by molar-refractivity contribution is 7.85. The molecular formula is C28H35ClN4O5S. The molecule has 2 aliphatic rings. The minimum Gasteiger partial charge on any atom is -0.399 e. The smallest absolute Gasteiger partial charge is 0.274 e. The van der Waals surface area contributed by atoms with Crippen molar-refractivity contribution in [3.8, 4) is 0 Å². The Hall–Kier alpha value is -2.95. The number of hydrogen-bond acceptors (Lipinski definition) is 6. The van der Waals surface area contributed by atoms with Crippen LogP contribution >= 0.6 is 11.6 Å². The molecular weight excluding hydrogens is 540 g/mol. The lowest BCUT2D eigenvalue weighted by molar-refractivity contribution is -0.130. The van der Waals surface area contributed by atoms with Gasteiger partial charge < -0.3 is 16.0 Å². The van der Waals surface area contributed by atoms with Gasteiger partial charge in [0.1, 0.15) is 11.4 Å². The highest BCUT2D eigenvalue weighted by Crippen LogP contribution is 2.47. The summed E-state index contributed by atoms with van der Waals surface area (Å²) in [5.41, 5.74) is 8.10. The van der Waals surface area contributed by atoms with Crippen LogP contribution in [0.3, 0.4) is 0 Å². The quantitative estimate of drug-likeness (QED) is 0.332. The number of rotatable bonds is 7. The van der Waals surface area contributed by atoms with Crippen molar-refractivity contribution in [2.75, 3.05) is 18.0 Å². The summed E-state index contributed by atoms with van der Waals surface area (Å²) < 4.78 is 30.6. The van der Waals surface area contributed by atoms with Gasteiger partial charge in [0, 0.05) is 34.9 Å². The first kappa shape index (κ1) is 29.0. The molecule has 2 aromatic carbocycles. The number of carbonyl (C=O) groups is 2. The summed E-state index contributed by atoms with van der Waals surface area (Å²) in [6.45, 7) is 6.85. The summed E-state index contributed by atoms with van der Waals surface area (Å²) in [5, 5.41) is 2.91. The SMILES string of the molecule is CC(C)(C)C1CCC2(CC1)N=C(c1cc(N)cc(Cl)c1)C(=O)N2Cc1ccc(C(=O)NCCS(=O)(=O)O)cc1. The number of halogens is 1. The standard InChI is InChI=1S/C28H35ClN4O5S/c1-27(2,3)21-8-10-28(11-9-21)32-24(20-14-22(29)16-23(30)15-20)26(35)33(28)17-18-4-6-19(7-5-18)25(34)31-12-13-39(36,37)38/h4-7,14-16,21H,8-13,17,30H2,1-3H3,(H,31,34)(H,36,37,38). The molecule has 39 heavy (non-hydrogen) atoms. The fourth-order valence-electron chi connectivity index (χ4n) is 5.46. The molecule has 1 heterocycles. The fraction of sp³-hybridized carbons (Fsp3) is 0.464. The van der Waals surface area contributed by atoms with Crippen molar-refractivity contribution in [2.45, 2.75) is 58.7 Å². The van der Waals surface area contributed by atoms with Crippen molar-refractivity contribution in [3.05, 3.63) is 64.2 Å². The predicted octanol–water partition coefficient (Wildman–Crippen LogP) is 4.30. The Bertz CT molecular complexity index is 1370. The highest BCUT2D eigenvalue weighted by Gasteiger charge is 2.50. The lowest BCUT2D eigenvalue weighted by Gasteiger charge is -2.44. The zero-order chi connectivity index (χ0) is 28.6. The third-order valence-corrected chi connectivity index (χ3v) is 8.62. The lowest BCUT2D eigenvalue weighted by Crippen LogP contribution is -2.49. The van der Waals surface area contributed by atoms with Crippen molar-refractivity contribution in [3.63, 3.8) is 0 Å². The van der Waals surface area contributed by atoms with Gasteiger partial charge in [-0.05, 0) is 72.9 Å². The number of carbonyl (C=O) groups excluding carboxylic acids is 2. The van der Waals surface area contributed by atoms with Crippen molar-refractivity contribution < 1.29 is 22.6 Å². The number of nitrogens with two attached hydrogens (primary N) is 1. The summed E-state index contributed by atoms with van der Waals surface area (Å²) in [4.78, 5) is 33.1. The van der Waals surface area contributed by atoms with Gasteiger partial charge in [-0.1, -0.05) is 44.5 Å². The monoisotopic (exact) mass is 574 g/mol. The Morgan fingerprint density at radius 2 is 1.82 bits per heavy atom. The number of nitrogens with one attached hydrogen (secondary N) is 1. The predicted molar refractivity (Wildman–Crippen MR) is 152 cm³/mol. The van der Waals surface area contributed by atoms with Gasteiger partial charge in [-0.15, -0.1) is 0 Å². The van der Waals surface area contributed by atoms with Gasteiger partial charge in [-0.3, -0.25) is 19.1 Å². The molecule has 0 atom stereocenters. The molecule has 210 valence electrons. The van der Waals surface area contributed by atoms with Crippen molar-refractivity contribution in [1.82, 2.24) is 10.2 Å². The Labute approximate surface area is 234 Å². The molecule has 0 unspecified atom stereocenters. The number of anilines is 1. The average molecular weight is 575 g/mol. The third kappa shape index (κ3) is 6.80. The lowest BCUT2D eigenvalue weighted by atomic mass is 9.69. The first-order chi connectivity index (χ1) is 18.2. The zero-order valence-corrected chi connectivity index (χ0v) is 24.0. The zero-order valence-electron chi connectivity index (χ0n) is 22.4. The van der Waals surface area contributed by atoms with E-state index in [1.807, 2.05) is 4.90 Å². The van der Waals surface area contributed by atoms with Gasteiger partial charge in [-0.2, -0.15) is 8.42 Å². The maximum absolute atomic E-state index is 13.8. The first-order valence-electron chi connectivity index (χ1n) is 13.0. The van der Waals surface area contributed by atoms with E-state index in [9.17, 15) is 18.0 Å². The van der Waals surface area contributed by atoms with Crippen LogP contribution in [-0.4, -0.2) is 53.4 Å². The van der Waals surface area contributed by atoms with Crippen molar-refractivity contribution in [2.24, 2.45) is 16.3 Å². The molecule has 4 rings (SSSR count). The van der Waals surface area contributed by atoms with Gasteiger partial charge in [0.25, 0.3) is 21.9 Å². The maximum atomic E-state index is 13.8. The molecule has 1 fully saturated rings. The van der Waals surface area contributed by atoms with Crippen LogP contribution < -0.4 is 11.1 Å². The van der Waals surface area contributed by atoms with Crippen LogP contribution in [0.15, 0.2) is 47.5 Å². The maximum Gasteiger partial charge on any atom is 0.274 e. The minimum atomic E-state index is -4.16. The van der Waals surface area contributed by atoms with Gasteiger partial charge >= 0.3 is 0 Å². The molecule has 1 aliphatic heterocycles. The largest absolute Gasteiger partial charge is 0.399 e. The van der Waals surface area contributed by atoms with Crippen LogP contribution in [0.5, 0.6) is 0 Å². The number of nitrogen functional groups attached to an aromatic ring is 1. The molecule has 0 radical (unpaired) electrons. The van der Waals surface area contributed by atoms with Crippen LogP contribution in [0.2, 0.25) is 5.02 Å². The van der Waals surface area contributed by atoms with E-state index in [0.717, 1.165) is 31.2 Å². The average Bonchev–Trinajstić information content (AvgIpc) is 3.09. The second-order valence-electron chi connectivity index (χ2n) is 11.5. The summed E-state index contributed by atoms with van der Waals surface area (Å²) in [6, 6.07) is 11.9. The van der Waals surface area contributed by atoms with E-state index in [4.69, 9.17) is 26.9 Å². The van der Waals surface area contributed by atoms with Crippen molar-refractivity contribution in [1.29, 1.82) is 0 Å². The Morgan fingerprint density at radius 3 is 2.38 bits per heavy atom. The molecule has 0 bridgehead atoms. The van der Waals surface area contributed by atoms with Crippen LogP contribution in [0, 0.1) is 11.3 Å². The molecule has 2 aromatic rings. The molecule has 9 nitrogen and oxygen atoms in total. The molecule has 0 saturated heterocycles. The second kappa shape index (κ2) is 10.9. The van der Waals surface area contributed by atoms with Crippen LogP contribution in [-0.2, 0) is 21.5 Å². The fourth-order valence-corrected chi connectivity index (χ4v) is 6.06. The molecule has 1 saturated carbocycles. The molecule has 2 amide bonds. The van der Waals surface area contributed by atoms with E-state index < -0.39 is 27.4 Å². The molecule has 4 N–H and O–H groups in total. The summed E-state index contributed by atoms with van der Waals surface area (Å²) in [6.07, 6.45) is 3.39. The first-order valence-corrected chi connectivity index (χ1v) is 15.0. The summed E-state index contributed by atoms with van der Waals surface area (Å²) >= 11 is 6.25. The van der Waals surface area contributed by atoms with Gasteiger partial charge in [0.15, 0.2) is 0 Å². The number of benzene rings is 2. The van der Waals surface area contributed by atoms with Crippen molar-refractivity contribution >= 4 is 44.9 Å². The van der Waals surface area contributed by atoms with Crippen LogP contribution in [0.1, 0.15) is 67.9 Å². The van der Waals surface area contributed by atoms with E-state index in [1.165, 1.54) is 0 Å². The molecule has 0 aromatic heterocycles. The van der Waals surface area contributed by atoms with E-state index >= 15 is 0 Å². The number of aliphatic imine (C=N–C) groups is 1. The van der Waals surface area contributed by atoms with E-state index in [2.05, 4.69) is 26.1 Å². The molecule has 1 spiro atoms. The van der Waals surface area contributed by atoms with Gasteiger partial charge in [0.05, 0.1) is 5.75 Å². The van der Waals surface area contributed by atoms with Crippen LogP contribution in [0.25, 0.3) is 0 Å². The number of hydrogen-bond donors (Lipinski definition) is 3. The second-order valence-corrected chi connectivity index (χ2v) is 13.5. The topological polar surface area (TPSA) is 142 Å². The number of nitrogens with zero attached hydrogens (tertiary/aromatic N) is 2. The highest BCUT2D eigenvalue weighted by atomic mass is 35.5. The number of amides is 2. The van der Waals surface area contributed by atoms with Gasteiger partial charge in [-0.25, -0.2) is 0 Å². The Kier molecular flexibility index (Phi) is 8.12. The Morgan fingerprint density at radius 1 is 1.18 bits per heavy atom. The molecule has 1 aliphatic carbocycles. The normalized spacial score (nSPS) is 21.8. The third-order valence-electron chi connectivity index (χ3n) is 7.68. The van der Waals surface area contributed by atoms with E-state index in [1.54, 1.807) is 42.5 Å². The molecule has 11 heteroatoms. The van der Waals surface area contributed by atoms with E-state index in [0.29, 0.717) is 40.0 Å². The summed E-state index contributed by atoms with van der Waals surface area (Å²) in [5.74, 6) is -0.673. The Balaban J connectivity index is 1.57. The minimum absolute atomic E-state index is 0.167. The van der Waals surface area contributed by atoms with Crippen LogP contribution in [0.4, 0.5) is 5.69 Å². The summed E-state index contributed by atoms with van der Waals surface area (Å²) in [7, 11) is -4.16. The van der Waals surface area contributed by atoms with Gasteiger partial charge in [0.2, 0.25) is 0 Å².